The summed E-state index contributed by atoms with van der Waals surface area (Å²) in [6.07, 6.45) is 4.78. The Labute approximate surface area is 172 Å². The first-order valence-electron chi connectivity index (χ1n) is 9.61. The molecule has 0 aliphatic carbocycles. The molecule has 5 nitrogen and oxygen atoms in total. The van der Waals surface area contributed by atoms with Crippen molar-refractivity contribution in [3.63, 3.8) is 0 Å². The molecule has 0 amide bonds. The molecule has 6 heteroatoms. The van der Waals surface area contributed by atoms with Gasteiger partial charge >= 0.3 is 5.97 Å². The molecule has 5 rings (SSSR count). The lowest BCUT2D eigenvalue weighted by molar-refractivity contribution is -0.147. The monoisotopic (exact) mass is 404 g/mol. The zero-order chi connectivity index (χ0) is 19.8. The standard InChI is InChI=1S/C23H20N2O3S/c26-22(27)23(8-12-28-13-9-23)17-2-1-3-18(15-17)29-19-5-6-20-16(14-19)4-7-21-24-10-11-25(20)21/h1-7,10-11,14-15H,8-9,12-13H2,(H,26,27). The van der Waals surface area contributed by atoms with Crippen LogP contribution in [0.1, 0.15) is 18.4 Å². The molecular weight excluding hydrogens is 384 g/mol. The van der Waals surface area contributed by atoms with E-state index in [1.165, 1.54) is 0 Å². The lowest BCUT2D eigenvalue weighted by atomic mass is 9.74. The fourth-order valence-corrected chi connectivity index (χ4v) is 5.02. The van der Waals surface area contributed by atoms with Crippen LogP contribution in [0, 0.1) is 0 Å². The van der Waals surface area contributed by atoms with Crippen LogP contribution < -0.4 is 0 Å². The Bertz CT molecular complexity index is 1210. The number of aromatic nitrogens is 2. The molecule has 0 atom stereocenters. The molecule has 1 fully saturated rings. The molecule has 0 spiro atoms. The van der Waals surface area contributed by atoms with E-state index in [4.69, 9.17) is 4.74 Å². The number of pyridine rings is 1. The number of carboxylic acids is 1. The first-order valence-corrected chi connectivity index (χ1v) is 10.4. The predicted octanol–water partition coefficient (Wildman–Crippen LogP) is 4.77. The van der Waals surface area contributed by atoms with Gasteiger partial charge in [0.25, 0.3) is 0 Å². The van der Waals surface area contributed by atoms with Crippen molar-refractivity contribution in [2.24, 2.45) is 0 Å². The number of benzene rings is 2. The third kappa shape index (κ3) is 3.18. The summed E-state index contributed by atoms with van der Waals surface area (Å²) in [5, 5.41) is 11.1. The average molecular weight is 404 g/mol. The molecule has 2 aromatic carbocycles. The zero-order valence-electron chi connectivity index (χ0n) is 15.7. The number of carboxylic acid groups (broad SMARTS) is 1. The van der Waals surface area contributed by atoms with Crippen LogP contribution >= 0.6 is 11.8 Å². The van der Waals surface area contributed by atoms with Gasteiger partial charge in [-0.3, -0.25) is 9.20 Å². The van der Waals surface area contributed by atoms with Gasteiger partial charge in [-0.15, -0.1) is 0 Å². The van der Waals surface area contributed by atoms with Gasteiger partial charge in [0, 0.05) is 35.4 Å². The second-order valence-electron chi connectivity index (χ2n) is 7.34. The Hall–Kier alpha value is -2.83. The summed E-state index contributed by atoms with van der Waals surface area (Å²) in [5.74, 6) is -0.766. The Morgan fingerprint density at radius 2 is 1.90 bits per heavy atom. The van der Waals surface area contributed by atoms with Gasteiger partial charge in [-0.25, -0.2) is 4.98 Å². The van der Waals surface area contributed by atoms with Crippen LogP contribution in [0.2, 0.25) is 0 Å². The van der Waals surface area contributed by atoms with Crippen LogP contribution in [0.15, 0.2) is 76.8 Å². The maximum absolute atomic E-state index is 12.1. The summed E-state index contributed by atoms with van der Waals surface area (Å²) in [4.78, 5) is 18.6. The van der Waals surface area contributed by atoms with Crippen LogP contribution in [-0.4, -0.2) is 33.7 Å². The summed E-state index contributed by atoms with van der Waals surface area (Å²) in [6.45, 7) is 0.966. The molecule has 0 bridgehead atoms. The minimum Gasteiger partial charge on any atom is -0.481 e. The third-order valence-electron chi connectivity index (χ3n) is 5.72. The first-order chi connectivity index (χ1) is 14.2. The molecule has 146 valence electrons. The molecule has 0 saturated carbocycles. The topological polar surface area (TPSA) is 63.8 Å². The number of ether oxygens (including phenoxy) is 1. The number of nitrogens with zero attached hydrogens (tertiary/aromatic N) is 2. The van der Waals surface area contributed by atoms with Crippen molar-refractivity contribution in [3.8, 4) is 0 Å². The van der Waals surface area contributed by atoms with E-state index in [0.29, 0.717) is 26.1 Å². The molecule has 3 heterocycles. The number of rotatable bonds is 4. The fourth-order valence-electron chi connectivity index (χ4n) is 4.09. The highest BCUT2D eigenvalue weighted by molar-refractivity contribution is 7.99. The maximum Gasteiger partial charge on any atom is 0.314 e. The summed E-state index contributed by atoms with van der Waals surface area (Å²) in [5.41, 5.74) is 2.05. The van der Waals surface area contributed by atoms with Crippen molar-refractivity contribution in [2.45, 2.75) is 28.0 Å². The fraction of sp³-hybridized carbons (Fsp3) is 0.217. The van der Waals surface area contributed by atoms with E-state index >= 15 is 0 Å². The number of fused-ring (bicyclic) bond motifs is 3. The Balaban J connectivity index is 1.48. The highest BCUT2D eigenvalue weighted by atomic mass is 32.2. The molecule has 1 saturated heterocycles. The van der Waals surface area contributed by atoms with Crippen molar-refractivity contribution in [1.29, 1.82) is 0 Å². The predicted molar refractivity (Wildman–Crippen MR) is 113 cm³/mol. The summed E-state index contributed by atoms with van der Waals surface area (Å²) in [6, 6.07) is 18.4. The normalized spacial score (nSPS) is 16.3. The van der Waals surface area contributed by atoms with E-state index in [0.717, 1.165) is 31.9 Å². The molecular formula is C23H20N2O3S. The minimum atomic E-state index is -0.856. The summed E-state index contributed by atoms with van der Waals surface area (Å²) < 4.78 is 7.49. The number of aliphatic carboxylic acids is 1. The highest BCUT2D eigenvalue weighted by Gasteiger charge is 2.41. The molecule has 4 aromatic rings. The van der Waals surface area contributed by atoms with Crippen molar-refractivity contribution in [3.05, 3.63) is 72.6 Å². The summed E-state index contributed by atoms with van der Waals surface area (Å²) >= 11 is 1.65. The van der Waals surface area contributed by atoms with E-state index in [9.17, 15) is 9.90 Å². The quantitative estimate of drug-likeness (QED) is 0.531. The van der Waals surface area contributed by atoms with E-state index in [2.05, 4.69) is 33.7 Å². The van der Waals surface area contributed by atoms with Crippen molar-refractivity contribution < 1.29 is 14.6 Å². The van der Waals surface area contributed by atoms with Gasteiger partial charge in [0.1, 0.15) is 5.65 Å². The van der Waals surface area contributed by atoms with Crippen molar-refractivity contribution >= 4 is 34.3 Å². The number of imidazole rings is 1. The average Bonchev–Trinajstić information content (AvgIpc) is 3.23. The molecule has 1 N–H and O–H groups in total. The van der Waals surface area contributed by atoms with Gasteiger partial charge < -0.3 is 9.84 Å². The van der Waals surface area contributed by atoms with Crippen molar-refractivity contribution in [2.75, 3.05) is 13.2 Å². The van der Waals surface area contributed by atoms with Gasteiger partial charge in [-0.2, -0.15) is 0 Å². The minimum absolute atomic E-state index is 0.483. The molecule has 2 aromatic heterocycles. The van der Waals surface area contributed by atoms with Crippen LogP contribution in [-0.2, 0) is 14.9 Å². The number of hydrogen-bond donors (Lipinski definition) is 1. The molecule has 0 unspecified atom stereocenters. The van der Waals surface area contributed by atoms with Crippen molar-refractivity contribution in [1.82, 2.24) is 9.38 Å². The molecule has 29 heavy (non-hydrogen) atoms. The van der Waals surface area contributed by atoms with Crippen LogP contribution in [0.4, 0.5) is 0 Å². The Morgan fingerprint density at radius 3 is 2.72 bits per heavy atom. The Kier molecular flexibility index (Phi) is 4.53. The SMILES string of the molecule is O=C(O)C1(c2cccc(Sc3ccc4c(ccc5nccn54)c3)c2)CCOCC1. The van der Waals surface area contributed by atoms with E-state index in [1.54, 1.807) is 18.0 Å². The smallest absolute Gasteiger partial charge is 0.314 e. The molecule has 1 aliphatic rings. The van der Waals surface area contributed by atoms with Gasteiger partial charge in [0.2, 0.25) is 0 Å². The molecule has 1 aliphatic heterocycles. The van der Waals surface area contributed by atoms with E-state index in [1.807, 2.05) is 36.5 Å². The number of carbonyl (C=O) groups is 1. The highest BCUT2D eigenvalue weighted by Crippen LogP contribution is 2.38. The van der Waals surface area contributed by atoms with E-state index < -0.39 is 11.4 Å². The first kappa shape index (κ1) is 18.2. The summed E-state index contributed by atoms with van der Waals surface area (Å²) in [7, 11) is 0. The lowest BCUT2D eigenvalue weighted by Crippen LogP contribution is -2.41. The zero-order valence-corrected chi connectivity index (χ0v) is 16.6. The van der Waals surface area contributed by atoms with Gasteiger partial charge in [-0.1, -0.05) is 23.9 Å². The van der Waals surface area contributed by atoms with E-state index in [-0.39, 0.29) is 0 Å². The van der Waals surface area contributed by atoms with Gasteiger partial charge in [0.05, 0.1) is 10.9 Å². The van der Waals surface area contributed by atoms with Gasteiger partial charge in [-0.05, 0) is 66.3 Å². The largest absolute Gasteiger partial charge is 0.481 e. The van der Waals surface area contributed by atoms with Crippen LogP contribution in [0.3, 0.4) is 0 Å². The number of hydrogen-bond acceptors (Lipinski definition) is 4. The molecule has 0 radical (unpaired) electrons. The third-order valence-corrected chi connectivity index (χ3v) is 6.70. The second-order valence-corrected chi connectivity index (χ2v) is 8.49. The van der Waals surface area contributed by atoms with Crippen LogP contribution in [0.25, 0.3) is 16.6 Å². The van der Waals surface area contributed by atoms with Gasteiger partial charge in [0.15, 0.2) is 0 Å². The second kappa shape index (κ2) is 7.21. The Morgan fingerprint density at radius 1 is 1.07 bits per heavy atom. The van der Waals surface area contributed by atoms with Crippen LogP contribution in [0.5, 0.6) is 0 Å². The lowest BCUT2D eigenvalue weighted by Gasteiger charge is -2.33. The maximum atomic E-state index is 12.1.